The molecule has 1 aliphatic rings. The molecule has 0 spiro atoms. The van der Waals surface area contributed by atoms with Crippen LogP contribution in [0.15, 0.2) is 36.5 Å². The molecule has 1 atom stereocenters. The Morgan fingerprint density at radius 2 is 2.00 bits per heavy atom. The van der Waals surface area contributed by atoms with E-state index >= 15 is 0 Å². The van der Waals surface area contributed by atoms with Gasteiger partial charge in [0.25, 0.3) is 0 Å². The number of nitrogens with zero attached hydrogens (tertiary/aromatic N) is 1. The number of pyridine rings is 1. The van der Waals surface area contributed by atoms with Crippen LogP contribution in [0, 0.1) is 0 Å². The molecule has 1 aliphatic carbocycles. The molecule has 24 heavy (non-hydrogen) atoms. The average Bonchev–Trinajstić information content (AvgIpc) is 2.98. The van der Waals surface area contributed by atoms with Gasteiger partial charge in [0.1, 0.15) is 5.60 Å². The molecule has 0 fully saturated rings. The lowest BCUT2D eigenvalue weighted by Gasteiger charge is -2.23. The summed E-state index contributed by atoms with van der Waals surface area (Å²) in [5, 5.41) is 5.72. The zero-order chi connectivity index (χ0) is 17.6. The molecule has 0 radical (unpaired) electrons. The van der Waals surface area contributed by atoms with Gasteiger partial charge in [0.15, 0.2) is 0 Å². The van der Waals surface area contributed by atoms with E-state index in [1.807, 2.05) is 6.07 Å². The van der Waals surface area contributed by atoms with Crippen molar-refractivity contribution in [3.63, 3.8) is 0 Å². The monoisotopic (exact) mass is 331 g/mol. The van der Waals surface area contributed by atoms with Crippen LogP contribution in [-0.4, -0.2) is 28.6 Å². The van der Waals surface area contributed by atoms with E-state index in [0.717, 1.165) is 12.8 Å². The van der Waals surface area contributed by atoms with Gasteiger partial charge in [0.2, 0.25) is 5.91 Å². The molecule has 0 aliphatic heterocycles. The number of carbonyl (C=O) groups excluding carboxylic acids is 2. The summed E-state index contributed by atoms with van der Waals surface area (Å²) in [6.07, 6.45) is 7.00. The number of hydrogen-bond donors (Lipinski definition) is 2. The zero-order valence-corrected chi connectivity index (χ0v) is 14.4. The van der Waals surface area contributed by atoms with Crippen LogP contribution >= 0.6 is 0 Å². The minimum absolute atomic E-state index is 0.115. The molecule has 1 aromatic rings. The van der Waals surface area contributed by atoms with Gasteiger partial charge >= 0.3 is 6.09 Å². The first-order valence-corrected chi connectivity index (χ1v) is 8.18. The van der Waals surface area contributed by atoms with Gasteiger partial charge in [-0.15, -0.1) is 0 Å². The Hall–Kier alpha value is -2.37. The van der Waals surface area contributed by atoms with Crippen molar-refractivity contribution < 1.29 is 14.3 Å². The summed E-state index contributed by atoms with van der Waals surface area (Å²) in [6.45, 7) is 5.38. The number of ether oxygens (including phenoxy) is 1. The summed E-state index contributed by atoms with van der Waals surface area (Å²) >= 11 is 0. The van der Waals surface area contributed by atoms with E-state index in [1.165, 1.54) is 0 Å². The second kappa shape index (κ2) is 7.95. The molecule has 1 heterocycles. The molecular formula is C18H25N3O3. The van der Waals surface area contributed by atoms with Gasteiger partial charge in [-0.2, -0.15) is 0 Å². The van der Waals surface area contributed by atoms with Gasteiger partial charge in [-0.05, 0) is 45.7 Å². The number of alkyl carbamates (subject to hydrolysis) is 1. The first-order chi connectivity index (χ1) is 11.3. The largest absolute Gasteiger partial charge is 0.444 e. The van der Waals surface area contributed by atoms with Crippen molar-refractivity contribution in [3.05, 3.63) is 42.2 Å². The van der Waals surface area contributed by atoms with Crippen molar-refractivity contribution in [3.8, 4) is 0 Å². The van der Waals surface area contributed by atoms with E-state index in [4.69, 9.17) is 4.74 Å². The molecule has 1 aromatic heterocycles. The maximum Gasteiger partial charge on any atom is 0.408 e. The van der Waals surface area contributed by atoms with E-state index in [0.29, 0.717) is 5.69 Å². The number of carbonyl (C=O) groups is 2. The summed E-state index contributed by atoms with van der Waals surface area (Å²) in [7, 11) is 0. The number of nitrogens with one attached hydrogen (secondary N) is 2. The highest BCUT2D eigenvalue weighted by Gasteiger charge is 2.24. The van der Waals surface area contributed by atoms with Crippen LogP contribution in [0.2, 0.25) is 0 Å². The molecule has 2 amide bonds. The van der Waals surface area contributed by atoms with Gasteiger partial charge < -0.3 is 15.4 Å². The second-order valence-electron chi connectivity index (χ2n) is 6.86. The summed E-state index contributed by atoms with van der Waals surface area (Å²) in [6, 6.07) is 5.01. The molecule has 1 unspecified atom stereocenters. The van der Waals surface area contributed by atoms with Crippen molar-refractivity contribution >= 4 is 12.0 Å². The summed E-state index contributed by atoms with van der Waals surface area (Å²) in [4.78, 5) is 28.6. The highest BCUT2D eigenvalue weighted by Crippen LogP contribution is 2.17. The van der Waals surface area contributed by atoms with Gasteiger partial charge in [0.05, 0.1) is 18.2 Å². The molecular weight excluding hydrogens is 306 g/mol. The Balaban J connectivity index is 2.00. The first-order valence-electron chi connectivity index (χ1n) is 8.18. The topological polar surface area (TPSA) is 80.3 Å². The Morgan fingerprint density at radius 1 is 1.29 bits per heavy atom. The third-order valence-electron chi connectivity index (χ3n) is 3.50. The number of hydrogen-bond acceptors (Lipinski definition) is 4. The lowest BCUT2D eigenvalue weighted by atomic mass is 10.1. The molecule has 6 nitrogen and oxygen atoms in total. The smallest absolute Gasteiger partial charge is 0.408 e. The Labute approximate surface area is 142 Å². The number of amides is 2. The van der Waals surface area contributed by atoms with Crippen LogP contribution < -0.4 is 10.6 Å². The van der Waals surface area contributed by atoms with E-state index in [-0.39, 0.29) is 18.4 Å². The fraction of sp³-hybridized carbons (Fsp3) is 0.500. The fourth-order valence-electron chi connectivity index (χ4n) is 2.47. The molecule has 6 heteroatoms. The predicted octanol–water partition coefficient (Wildman–Crippen LogP) is 2.87. The van der Waals surface area contributed by atoms with Gasteiger partial charge in [-0.25, -0.2) is 4.79 Å². The quantitative estimate of drug-likeness (QED) is 0.813. The maximum absolute atomic E-state index is 12.3. The molecule has 0 saturated carbocycles. The highest BCUT2D eigenvalue weighted by atomic mass is 16.6. The lowest BCUT2D eigenvalue weighted by molar-refractivity contribution is -0.122. The molecule has 0 aromatic carbocycles. The fourth-order valence-corrected chi connectivity index (χ4v) is 2.47. The van der Waals surface area contributed by atoms with Crippen LogP contribution in [0.25, 0.3) is 0 Å². The van der Waals surface area contributed by atoms with Crippen LogP contribution in [-0.2, 0) is 9.53 Å². The summed E-state index contributed by atoms with van der Waals surface area (Å²) < 4.78 is 5.29. The standard InChI is InChI=1S/C18H25N3O3/c1-18(2,3)24-17(23)21-15(14-10-6-7-11-19-14)12-16(22)20-13-8-4-5-9-13/h4-7,10-11,13,15H,8-9,12H2,1-3H3,(H,20,22)(H,21,23). The van der Waals surface area contributed by atoms with Crippen LogP contribution in [0.3, 0.4) is 0 Å². The molecule has 2 rings (SSSR count). The molecule has 0 bridgehead atoms. The first kappa shape index (κ1) is 18.0. The van der Waals surface area contributed by atoms with Crippen molar-refractivity contribution in [2.24, 2.45) is 0 Å². The predicted molar refractivity (Wildman–Crippen MR) is 91.3 cm³/mol. The third kappa shape index (κ3) is 6.02. The Bertz CT molecular complexity index is 585. The number of rotatable bonds is 5. The van der Waals surface area contributed by atoms with Crippen molar-refractivity contribution in [2.75, 3.05) is 0 Å². The molecule has 130 valence electrons. The van der Waals surface area contributed by atoms with E-state index in [9.17, 15) is 9.59 Å². The summed E-state index contributed by atoms with van der Waals surface area (Å²) in [5.41, 5.74) is 0.0272. The Kier molecular flexibility index (Phi) is 5.95. The molecule has 2 N–H and O–H groups in total. The SMILES string of the molecule is CC(C)(C)OC(=O)NC(CC(=O)NC1CC=CC1)c1ccccn1. The lowest BCUT2D eigenvalue weighted by Crippen LogP contribution is -2.39. The van der Waals surface area contributed by atoms with E-state index in [2.05, 4.69) is 27.8 Å². The van der Waals surface area contributed by atoms with E-state index in [1.54, 1.807) is 39.1 Å². The van der Waals surface area contributed by atoms with E-state index < -0.39 is 17.7 Å². The maximum atomic E-state index is 12.3. The zero-order valence-electron chi connectivity index (χ0n) is 14.4. The van der Waals surface area contributed by atoms with Crippen LogP contribution in [0.4, 0.5) is 4.79 Å². The van der Waals surface area contributed by atoms with Crippen LogP contribution in [0.1, 0.15) is 51.8 Å². The number of aromatic nitrogens is 1. The van der Waals surface area contributed by atoms with Gasteiger partial charge in [0, 0.05) is 12.2 Å². The van der Waals surface area contributed by atoms with Crippen molar-refractivity contribution in [1.82, 2.24) is 15.6 Å². The normalized spacial score (nSPS) is 15.8. The Morgan fingerprint density at radius 3 is 2.58 bits per heavy atom. The van der Waals surface area contributed by atoms with Crippen molar-refractivity contribution in [1.29, 1.82) is 0 Å². The minimum Gasteiger partial charge on any atom is -0.444 e. The second-order valence-corrected chi connectivity index (χ2v) is 6.86. The highest BCUT2D eigenvalue weighted by molar-refractivity contribution is 5.78. The van der Waals surface area contributed by atoms with Gasteiger partial charge in [-0.1, -0.05) is 18.2 Å². The average molecular weight is 331 g/mol. The van der Waals surface area contributed by atoms with Crippen molar-refractivity contribution in [2.45, 2.75) is 57.7 Å². The molecule has 0 saturated heterocycles. The summed E-state index contributed by atoms with van der Waals surface area (Å²) in [5.74, 6) is -0.115. The van der Waals surface area contributed by atoms with Crippen LogP contribution in [0.5, 0.6) is 0 Å². The van der Waals surface area contributed by atoms with Gasteiger partial charge in [-0.3, -0.25) is 9.78 Å². The minimum atomic E-state index is -0.601. The third-order valence-corrected chi connectivity index (χ3v) is 3.50.